The molecule has 0 aliphatic heterocycles. The summed E-state index contributed by atoms with van der Waals surface area (Å²) in [6.45, 7) is 5.30. The second kappa shape index (κ2) is 3.90. The van der Waals surface area contributed by atoms with Gasteiger partial charge >= 0.3 is 5.97 Å². The molecule has 2 N–H and O–H groups in total. The standard InChI is InChI=1S/C9H17NO2/c1-6(2)5-10-8-3-7(4-8)9(11)12/h6-8,10H,3-5H2,1-2H3,(H,11,12). The minimum Gasteiger partial charge on any atom is -0.481 e. The van der Waals surface area contributed by atoms with Gasteiger partial charge in [-0.2, -0.15) is 0 Å². The van der Waals surface area contributed by atoms with Gasteiger partial charge in [0, 0.05) is 6.04 Å². The Bertz CT molecular complexity index is 162. The molecule has 0 aromatic rings. The van der Waals surface area contributed by atoms with Crippen LogP contribution in [0.25, 0.3) is 0 Å². The molecule has 3 heteroatoms. The summed E-state index contributed by atoms with van der Waals surface area (Å²) < 4.78 is 0. The summed E-state index contributed by atoms with van der Waals surface area (Å²) in [5.41, 5.74) is 0. The number of nitrogens with one attached hydrogen (secondary N) is 1. The molecule has 0 heterocycles. The van der Waals surface area contributed by atoms with Crippen LogP contribution < -0.4 is 5.32 Å². The van der Waals surface area contributed by atoms with Crippen molar-refractivity contribution >= 4 is 5.97 Å². The van der Waals surface area contributed by atoms with Crippen LogP contribution in [0.2, 0.25) is 0 Å². The molecule has 70 valence electrons. The molecule has 3 nitrogen and oxygen atoms in total. The molecule has 0 atom stereocenters. The highest BCUT2D eigenvalue weighted by Gasteiger charge is 2.33. The predicted molar refractivity (Wildman–Crippen MR) is 47.0 cm³/mol. The highest BCUT2D eigenvalue weighted by molar-refractivity contribution is 5.71. The van der Waals surface area contributed by atoms with E-state index >= 15 is 0 Å². The number of hydrogen-bond donors (Lipinski definition) is 2. The van der Waals surface area contributed by atoms with Gasteiger partial charge in [0.2, 0.25) is 0 Å². The Morgan fingerprint density at radius 2 is 2.17 bits per heavy atom. The summed E-state index contributed by atoms with van der Waals surface area (Å²) in [6.07, 6.45) is 1.62. The Morgan fingerprint density at radius 1 is 1.58 bits per heavy atom. The Kier molecular flexibility index (Phi) is 3.09. The lowest BCUT2D eigenvalue weighted by Gasteiger charge is -2.33. The average molecular weight is 171 g/mol. The van der Waals surface area contributed by atoms with Crippen LogP contribution >= 0.6 is 0 Å². The van der Waals surface area contributed by atoms with Crippen LogP contribution in [0.15, 0.2) is 0 Å². The second-order valence-electron chi connectivity index (χ2n) is 4.01. The summed E-state index contributed by atoms with van der Waals surface area (Å²) in [5, 5.41) is 11.9. The predicted octanol–water partition coefficient (Wildman–Crippen LogP) is 1.10. The van der Waals surface area contributed by atoms with E-state index in [9.17, 15) is 4.79 Å². The average Bonchev–Trinajstić information content (AvgIpc) is 1.82. The molecular weight excluding hydrogens is 154 g/mol. The fraction of sp³-hybridized carbons (Fsp3) is 0.889. The molecule has 0 bridgehead atoms. The zero-order valence-electron chi connectivity index (χ0n) is 7.71. The fourth-order valence-electron chi connectivity index (χ4n) is 1.39. The third-order valence-electron chi connectivity index (χ3n) is 2.30. The maximum Gasteiger partial charge on any atom is 0.306 e. The molecule has 0 amide bonds. The first-order valence-electron chi connectivity index (χ1n) is 4.55. The highest BCUT2D eigenvalue weighted by Crippen LogP contribution is 2.27. The number of rotatable bonds is 4. The van der Waals surface area contributed by atoms with Crippen LogP contribution in [-0.2, 0) is 4.79 Å². The zero-order chi connectivity index (χ0) is 9.14. The Balaban J connectivity index is 2.06. The third-order valence-corrected chi connectivity index (χ3v) is 2.30. The number of carboxylic acid groups (broad SMARTS) is 1. The van der Waals surface area contributed by atoms with Crippen molar-refractivity contribution in [1.29, 1.82) is 0 Å². The van der Waals surface area contributed by atoms with E-state index in [1.165, 1.54) is 0 Å². The molecule has 1 aliphatic rings. The topological polar surface area (TPSA) is 49.3 Å². The van der Waals surface area contributed by atoms with Crippen LogP contribution in [-0.4, -0.2) is 23.7 Å². The quantitative estimate of drug-likeness (QED) is 0.665. The molecule has 0 aromatic heterocycles. The van der Waals surface area contributed by atoms with E-state index in [1.54, 1.807) is 0 Å². The van der Waals surface area contributed by atoms with E-state index in [2.05, 4.69) is 19.2 Å². The van der Waals surface area contributed by atoms with E-state index in [4.69, 9.17) is 5.11 Å². The van der Waals surface area contributed by atoms with Crippen molar-refractivity contribution in [3.63, 3.8) is 0 Å². The van der Waals surface area contributed by atoms with E-state index in [1.807, 2.05) is 0 Å². The SMILES string of the molecule is CC(C)CNC1CC(C(=O)O)C1. The van der Waals surface area contributed by atoms with Crippen molar-refractivity contribution < 1.29 is 9.90 Å². The molecule has 0 aromatic carbocycles. The van der Waals surface area contributed by atoms with Gasteiger partial charge in [0.1, 0.15) is 0 Å². The Labute approximate surface area is 73.2 Å². The zero-order valence-corrected chi connectivity index (χ0v) is 7.71. The molecular formula is C9H17NO2. The van der Waals surface area contributed by atoms with Crippen molar-refractivity contribution in [2.45, 2.75) is 32.7 Å². The number of hydrogen-bond acceptors (Lipinski definition) is 2. The van der Waals surface area contributed by atoms with Gasteiger partial charge in [0.05, 0.1) is 5.92 Å². The largest absolute Gasteiger partial charge is 0.481 e. The lowest BCUT2D eigenvalue weighted by molar-refractivity contribution is -0.145. The van der Waals surface area contributed by atoms with E-state index < -0.39 is 5.97 Å². The maximum atomic E-state index is 10.4. The van der Waals surface area contributed by atoms with Crippen LogP contribution in [0.1, 0.15) is 26.7 Å². The van der Waals surface area contributed by atoms with Gasteiger partial charge in [-0.05, 0) is 25.3 Å². The molecule has 0 spiro atoms. The van der Waals surface area contributed by atoms with Crippen LogP contribution in [0.4, 0.5) is 0 Å². The fourth-order valence-corrected chi connectivity index (χ4v) is 1.39. The number of carboxylic acids is 1. The number of carbonyl (C=O) groups is 1. The highest BCUT2D eigenvalue weighted by atomic mass is 16.4. The van der Waals surface area contributed by atoms with Gasteiger partial charge in [0.15, 0.2) is 0 Å². The molecule has 1 rings (SSSR count). The molecule has 1 fully saturated rings. The first kappa shape index (κ1) is 9.52. The normalized spacial score (nSPS) is 28.6. The lowest BCUT2D eigenvalue weighted by atomic mass is 9.80. The minimum absolute atomic E-state index is 0.0883. The molecule has 1 saturated carbocycles. The Hall–Kier alpha value is -0.570. The minimum atomic E-state index is -0.641. The maximum absolute atomic E-state index is 10.4. The first-order valence-corrected chi connectivity index (χ1v) is 4.55. The Morgan fingerprint density at radius 3 is 2.58 bits per heavy atom. The smallest absolute Gasteiger partial charge is 0.306 e. The summed E-state index contributed by atoms with van der Waals surface area (Å²) in [5.74, 6) is -0.0823. The van der Waals surface area contributed by atoms with E-state index in [0.29, 0.717) is 12.0 Å². The van der Waals surface area contributed by atoms with Crippen molar-refractivity contribution in [3.8, 4) is 0 Å². The molecule has 0 radical (unpaired) electrons. The first-order chi connectivity index (χ1) is 5.59. The van der Waals surface area contributed by atoms with Gasteiger partial charge in [-0.1, -0.05) is 13.8 Å². The van der Waals surface area contributed by atoms with Crippen molar-refractivity contribution in [2.24, 2.45) is 11.8 Å². The molecule has 0 unspecified atom stereocenters. The van der Waals surface area contributed by atoms with Crippen molar-refractivity contribution in [3.05, 3.63) is 0 Å². The summed E-state index contributed by atoms with van der Waals surface area (Å²) >= 11 is 0. The second-order valence-corrected chi connectivity index (χ2v) is 4.01. The summed E-state index contributed by atoms with van der Waals surface area (Å²) in [6, 6.07) is 0.452. The van der Waals surface area contributed by atoms with Crippen LogP contribution in [0.3, 0.4) is 0 Å². The summed E-state index contributed by atoms with van der Waals surface area (Å²) in [4.78, 5) is 10.4. The van der Waals surface area contributed by atoms with Gasteiger partial charge in [0.25, 0.3) is 0 Å². The lowest BCUT2D eigenvalue weighted by Crippen LogP contribution is -2.45. The van der Waals surface area contributed by atoms with Crippen molar-refractivity contribution in [2.75, 3.05) is 6.54 Å². The van der Waals surface area contributed by atoms with E-state index in [-0.39, 0.29) is 5.92 Å². The third kappa shape index (κ3) is 2.48. The van der Waals surface area contributed by atoms with Crippen molar-refractivity contribution in [1.82, 2.24) is 5.32 Å². The van der Waals surface area contributed by atoms with Gasteiger partial charge in [-0.25, -0.2) is 0 Å². The van der Waals surface area contributed by atoms with E-state index in [0.717, 1.165) is 19.4 Å². The van der Waals surface area contributed by atoms with Crippen LogP contribution in [0.5, 0.6) is 0 Å². The molecule has 1 aliphatic carbocycles. The van der Waals surface area contributed by atoms with Gasteiger partial charge < -0.3 is 10.4 Å². The molecule has 12 heavy (non-hydrogen) atoms. The van der Waals surface area contributed by atoms with Gasteiger partial charge in [-0.15, -0.1) is 0 Å². The van der Waals surface area contributed by atoms with Crippen LogP contribution in [0, 0.1) is 11.8 Å². The summed E-state index contributed by atoms with van der Waals surface area (Å²) in [7, 11) is 0. The number of aliphatic carboxylic acids is 1. The van der Waals surface area contributed by atoms with Gasteiger partial charge in [-0.3, -0.25) is 4.79 Å². The monoisotopic (exact) mass is 171 g/mol. The molecule has 0 saturated heterocycles.